The van der Waals surface area contributed by atoms with Crippen molar-refractivity contribution in [2.24, 2.45) is 11.8 Å². The van der Waals surface area contributed by atoms with Gasteiger partial charge in [0.15, 0.2) is 0 Å². The van der Waals surface area contributed by atoms with E-state index in [-0.39, 0.29) is 5.56 Å². The Hall–Kier alpha value is -2.07. The van der Waals surface area contributed by atoms with Crippen LogP contribution in [0.2, 0.25) is 0 Å². The Bertz CT molecular complexity index is 911. The maximum Gasteiger partial charge on any atom is 0.250 e. The van der Waals surface area contributed by atoms with Crippen LogP contribution in [0.1, 0.15) is 50.1 Å². The Morgan fingerprint density at radius 2 is 1.76 bits per heavy atom. The van der Waals surface area contributed by atoms with Gasteiger partial charge in [-0.25, -0.2) is 0 Å². The van der Waals surface area contributed by atoms with Gasteiger partial charge in [0, 0.05) is 49.4 Å². The molecule has 2 aliphatic heterocycles. The van der Waals surface area contributed by atoms with Crippen LogP contribution in [0.4, 0.5) is 0 Å². The number of methoxy groups -OCH3 is 1. The van der Waals surface area contributed by atoms with Crippen molar-refractivity contribution in [3.63, 3.8) is 0 Å². The standard InChI is InChI=1S/C25H32N2O2/c1-29-22-9-7-20(8-10-22)23-11-12-24(28)27-16-19-13-21(25(23)27)17-26(15-19)14-18-5-3-2-4-6-18/h7-12,18-19,21H,2-6,13-17H2,1H3. The molecule has 154 valence electrons. The van der Waals surface area contributed by atoms with Gasteiger partial charge in [0.1, 0.15) is 5.75 Å². The third-order valence-electron chi connectivity index (χ3n) is 7.31. The van der Waals surface area contributed by atoms with E-state index in [1.54, 1.807) is 13.2 Å². The van der Waals surface area contributed by atoms with Gasteiger partial charge in [-0.15, -0.1) is 0 Å². The zero-order chi connectivity index (χ0) is 19.8. The fraction of sp³-hybridized carbons (Fsp3) is 0.560. The first-order chi connectivity index (χ1) is 14.2. The summed E-state index contributed by atoms with van der Waals surface area (Å²) in [5.41, 5.74) is 3.81. The molecule has 2 atom stereocenters. The smallest absolute Gasteiger partial charge is 0.250 e. The summed E-state index contributed by atoms with van der Waals surface area (Å²) in [6, 6.07) is 12.1. The third-order valence-corrected chi connectivity index (χ3v) is 7.31. The fourth-order valence-electron chi connectivity index (χ4n) is 6.01. The summed E-state index contributed by atoms with van der Waals surface area (Å²) in [7, 11) is 1.70. The summed E-state index contributed by atoms with van der Waals surface area (Å²) in [5.74, 6) is 2.81. The average molecular weight is 393 g/mol. The van der Waals surface area contributed by atoms with Crippen molar-refractivity contribution in [2.45, 2.75) is 51.0 Å². The lowest BCUT2D eigenvalue weighted by molar-refractivity contribution is 0.0970. The van der Waals surface area contributed by atoms with Gasteiger partial charge in [-0.1, -0.05) is 31.4 Å². The molecule has 1 saturated heterocycles. The highest BCUT2D eigenvalue weighted by Gasteiger charge is 2.36. The first-order valence-corrected chi connectivity index (χ1v) is 11.3. The van der Waals surface area contributed by atoms with E-state index in [4.69, 9.17) is 4.74 Å². The molecule has 3 aliphatic rings. The van der Waals surface area contributed by atoms with Gasteiger partial charge in [-0.2, -0.15) is 0 Å². The number of aromatic nitrogens is 1. The van der Waals surface area contributed by atoms with Crippen LogP contribution in [0.5, 0.6) is 5.75 Å². The minimum absolute atomic E-state index is 0.160. The highest BCUT2D eigenvalue weighted by Crippen LogP contribution is 2.40. The number of hydrogen-bond donors (Lipinski definition) is 0. The van der Waals surface area contributed by atoms with Crippen molar-refractivity contribution in [2.75, 3.05) is 26.7 Å². The largest absolute Gasteiger partial charge is 0.497 e. The molecule has 0 spiro atoms. The molecule has 0 radical (unpaired) electrons. The van der Waals surface area contributed by atoms with Crippen LogP contribution >= 0.6 is 0 Å². The monoisotopic (exact) mass is 392 g/mol. The number of hydrogen-bond acceptors (Lipinski definition) is 3. The van der Waals surface area contributed by atoms with Crippen molar-refractivity contribution in [3.8, 4) is 16.9 Å². The minimum Gasteiger partial charge on any atom is -0.497 e. The molecular formula is C25H32N2O2. The second kappa shape index (κ2) is 7.98. The molecule has 1 saturated carbocycles. The summed E-state index contributed by atoms with van der Waals surface area (Å²) in [4.78, 5) is 15.4. The van der Waals surface area contributed by atoms with Crippen LogP contribution in [-0.4, -0.2) is 36.2 Å². The van der Waals surface area contributed by atoms with Crippen LogP contribution in [0, 0.1) is 11.8 Å². The quantitative estimate of drug-likeness (QED) is 0.767. The number of benzene rings is 1. The third kappa shape index (κ3) is 3.75. The molecule has 1 aromatic carbocycles. The molecule has 1 aliphatic carbocycles. The van der Waals surface area contributed by atoms with Gasteiger partial charge in [0.2, 0.25) is 0 Å². The highest BCUT2D eigenvalue weighted by molar-refractivity contribution is 5.67. The number of nitrogens with zero attached hydrogens (tertiary/aromatic N) is 2. The van der Waals surface area contributed by atoms with E-state index in [0.29, 0.717) is 11.8 Å². The van der Waals surface area contributed by atoms with E-state index in [1.807, 2.05) is 18.2 Å². The lowest BCUT2D eigenvalue weighted by Gasteiger charge is -2.44. The highest BCUT2D eigenvalue weighted by atomic mass is 16.5. The number of pyridine rings is 1. The molecule has 29 heavy (non-hydrogen) atoms. The van der Waals surface area contributed by atoms with Gasteiger partial charge < -0.3 is 14.2 Å². The first kappa shape index (κ1) is 18.9. The van der Waals surface area contributed by atoms with E-state index >= 15 is 0 Å². The van der Waals surface area contributed by atoms with Crippen molar-refractivity contribution >= 4 is 0 Å². The molecule has 3 heterocycles. The van der Waals surface area contributed by atoms with Crippen LogP contribution < -0.4 is 10.3 Å². The first-order valence-electron chi connectivity index (χ1n) is 11.3. The topological polar surface area (TPSA) is 34.5 Å². The van der Waals surface area contributed by atoms with E-state index in [1.165, 1.54) is 61.9 Å². The van der Waals surface area contributed by atoms with Crippen molar-refractivity contribution in [1.29, 1.82) is 0 Å². The Labute approximate surface area is 173 Å². The predicted octanol–water partition coefficient (Wildman–Crippen LogP) is 4.52. The molecular weight excluding hydrogens is 360 g/mol. The van der Waals surface area contributed by atoms with Crippen LogP contribution in [-0.2, 0) is 6.54 Å². The van der Waals surface area contributed by atoms with Gasteiger partial charge in [0.05, 0.1) is 7.11 Å². The molecule has 5 rings (SSSR count). The lowest BCUT2D eigenvalue weighted by Crippen LogP contribution is -2.48. The molecule has 4 nitrogen and oxygen atoms in total. The lowest BCUT2D eigenvalue weighted by atomic mass is 9.79. The molecule has 2 bridgehead atoms. The Balaban J connectivity index is 1.45. The van der Waals surface area contributed by atoms with Gasteiger partial charge >= 0.3 is 0 Å². The SMILES string of the molecule is COc1ccc(-c2ccc(=O)n3c2C2CC(CN(CC4CCCCC4)C2)C3)cc1. The maximum atomic E-state index is 12.7. The number of likely N-dealkylation sites (tertiary alicyclic amines) is 1. The normalized spacial score (nSPS) is 24.9. The Morgan fingerprint density at radius 1 is 0.966 bits per heavy atom. The molecule has 1 aromatic heterocycles. The van der Waals surface area contributed by atoms with Gasteiger partial charge in [0.25, 0.3) is 5.56 Å². The van der Waals surface area contributed by atoms with E-state index < -0.39 is 0 Å². The van der Waals surface area contributed by atoms with E-state index in [9.17, 15) is 4.79 Å². The molecule has 2 fully saturated rings. The zero-order valence-electron chi connectivity index (χ0n) is 17.5. The summed E-state index contributed by atoms with van der Waals surface area (Å²) in [6.07, 6.45) is 8.26. The van der Waals surface area contributed by atoms with E-state index in [0.717, 1.165) is 31.3 Å². The van der Waals surface area contributed by atoms with Gasteiger partial charge in [-0.05, 0) is 54.9 Å². The second-order valence-electron chi connectivity index (χ2n) is 9.33. The van der Waals surface area contributed by atoms with Crippen LogP contribution in [0.3, 0.4) is 0 Å². The zero-order valence-corrected chi connectivity index (χ0v) is 17.5. The van der Waals surface area contributed by atoms with Crippen LogP contribution in [0.15, 0.2) is 41.2 Å². The summed E-state index contributed by atoms with van der Waals surface area (Å²) in [5, 5.41) is 0. The molecule has 2 aromatic rings. The summed E-state index contributed by atoms with van der Waals surface area (Å²) < 4.78 is 7.41. The summed E-state index contributed by atoms with van der Waals surface area (Å²) in [6.45, 7) is 4.38. The number of ether oxygens (including phenoxy) is 1. The average Bonchev–Trinajstić information content (AvgIpc) is 2.75. The Morgan fingerprint density at radius 3 is 2.52 bits per heavy atom. The minimum atomic E-state index is 0.160. The molecule has 0 amide bonds. The number of fused-ring (bicyclic) bond motifs is 4. The number of piperidine rings is 1. The van der Waals surface area contributed by atoms with Gasteiger partial charge in [-0.3, -0.25) is 4.79 Å². The van der Waals surface area contributed by atoms with Crippen molar-refractivity contribution in [3.05, 3.63) is 52.4 Å². The molecule has 2 unspecified atom stereocenters. The fourth-order valence-corrected chi connectivity index (χ4v) is 6.01. The molecule has 4 heteroatoms. The van der Waals surface area contributed by atoms with Crippen molar-refractivity contribution in [1.82, 2.24) is 9.47 Å². The second-order valence-corrected chi connectivity index (χ2v) is 9.33. The molecule has 0 N–H and O–H groups in total. The summed E-state index contributed by atoms with van der Waals surface area (Å²) >= 11 is 0. The maximum absolute atomic E-state index is 12.7. The predicted molar refractivity (Wildman–Crippen MR) is 117 cm³/mol. The Kier molecular flexibility index (Phi) is 5.21. The number of rotatable bonds is 4. The van der Waals surface area contributed by atoms with E-state index in [2.05, 4.69) is 21.6 Å². The van der Waals surface area contributed by atoms with Crippen molar-refractivity contribution < 1.29 is 4.74 Å². The van der Waals surface area contributed by atoms with Crippen LogP contribution in [0.25, 0.3) is 11.1 Å².